The number of anilines is 1. The number of ether oxygens (including phenoxy) is 1. The van der Waals surface area contributed by atoms with Gasteiger partial charge in [0, 0.05) is 12.1 Å². The van der Waals surface area contributed by atoms with E-state index < -0.39 is 12.4 Å². The van der Waals surface area contributed by atoms with Gasteiger partial charge in [0.15, 0.2) is 5.82 Å². The minimum absolute atomic E-state index is 0.167. The maximum absolute atomic E-state index is 12.6. The molecule has 3 aromatic carbocycles. The van der Waals surface area contributed by atoms with E-state index >= 15 is 0 Å². The molecule has 216 valence electrons. The molecule has 1 saturated heterocycles. The quantitative estimate of drug-likeness (QED) is 0.263. The summed E-state index contributed by atoms with van der Waals surface area (Å²) in [6.07, 6.45) is -2.78. The SMILES string of the molecule is Cc1cccc(C)c1N1C(=O)SC/C1=N\C(=O)NCCc1cccc(-c2ncn(-c3ccc(OC(F)(F)F)cc3)n2)c1. The van der Waals surface area contributed by atoms with Crippen molar-refractivity contribution in [2.24, 2.45) is 4.99 Å². The van der Waals surface area contributed by atoms with Crippen LogP contribution in [0.5, 0.6) is 5.75 Å². The van der Waals surface area contributed by atoms with E-state index in [0.29, 0.717) is 36.1 Å². The first-order chi connectivity index (χ1) is 20.1. The molecule has 1 aliphatic heterocycles. The van der Waals surface area contributed by atoms with Gasteiger partial charge in [-0.1, -0.05) is 48.2 Å². The Labute approximate surface area is 243 Å². The number of alkyl halides is 3. The Morgan fingerprint density at radius 2 is 1.79 bits per heavy atom. The average Bonchev–Trinajstić information content (AvgIpc) is 3.56. The number of hydrogen-bond donors (Lipinski definition) is 1. The number of carbonyl (C=O) groups is 2. The van der Waals surface area contributed by atoms with Crippen LogP contribution in [0.4, 0.5) is 28.4 Å². The molecule has 0 radical (unpaired) electrons. The van der Waals surface area contributed by atoms with Crippen LogP contribution in [0, 0.1) is 13.8 Å². The second-order valence-electron chi connectivity index (χ2n) is 9.40. The van der Waals surface area contributed by atoms with Crippen molar-refractivity contribution in [2.75, 3.05) is 17.2 Å². The molecule has 0 atom stereocenters. The summed E-state index contributed by atoms with van der Waals surface area (Å²) in [5.74, 6) is 0.809. The summed E-state index contributed by atoms with van der Waals surface area (Å²) < 4.78 is 42.6. The van der Waals surface area contributed by atoms with Crippen LogP contribution >= 0.6 is 11.8 Å². The summed E-state index contributed by atoms with van der Waals surface area (Å²) in [6.45, 7) is 4.15. The van der Waals surface area contributed by atoms with Crippen molar-refractivity contribution in [3.05, 3.63) is 89.7 Å². The molecule has 0 saturated carbocycles. The molecule has 0 spiro atoms. The first kappa shape index (κ1) is 28.9. The summed E-state index contributed by atoms with van der Waals surface area (Å²) in [4.78, 5) is 35.2. The minimum Gasteiger partial charge on any atom is -0.406 e. The molecular formula is C29H25F3N6O3S. The zero-order chi connectivity index (χ0) is 29.9. The highest BCUT2D eigenvalue weighted by Crippen LogP contribution is 2.32. The second kappa shape index (κ2) is 12.1. The Hall–Kier alpha value is -4.65. The summed E-state index contributed by atoms with van der Waals surface area (Å²) in [6, 6.07) is 18.0. The van der Waals surface area contributed by atoms with Crippen LogP contribution in [0.15, 0.2) is 78.0 Å². The zero-order valence-electron chi connectivity index (χ0n) is 22.6. The van der Waals surface area contributed by atoms with Crippen molar-refractivity contribution in [3.8, 4) is 22.8 Å². The Kier molecular flexibility index (Phi) is 8.29. The predicted octanol–water partition coefficient (Wildman–Crippen LogP) is 6.47. The van der Waals surface area contributed by atoms with E-state index in [1.807, 2.05) is 56.3 Å². The number of aliphatic imine (C=N–C) groups is 1. The Morgan fingerprint density at radius 3 is 2.50 bits per heavy atom. The normalized spacial score (nSPS) is 14.5. The van der Waals surface area contributed by atoms with E-state index in [9.17, 15) is 22.8 Å². The fourth-order valence-electron chi connectivity index (χ4n) is 4.48. The van der Waals surface area contributed by atoms with E-state index in [2.05, 4.69) is 25.1 Å². The van der Waals surface area contributed by atoms with Crippen LogP contribution in [-0.2, 0) is 6.42 Å². The van der Waals surface area contributed by atoms with Crippen molar-refractivity contribution in [2.45, 2.75) is 26.6 Å². The van der Waals surface area contributed by atoms with Gasteiger partial charge < -0.3 is 10.1 Å². The maximum Gasteiger partial charge on any atom is 0.573 e. The summed E-state index contributed by atoms with van der Waals surface area (Å²) in [5, 5.41) is 7.05. The molecule has 0 bridgehead atoms. The molecule has 13 heteroatoms. The standard InChI is InChI=1S/C29H25F3N6O3S/c1-18-5-3-6-19(2)25(18)38-24(16-42-28(38)40)35-27(39)33-14-13-20-7-4-8-21(15-20)26-34-17-37(36-26)22-9-11-23(12-10-22)41-29(30,31)32/h3-12,15,17H,13-14,16H2,1-2H3,(H,33,39)/b35-24+. The van der Waals surface area contributed by atoms with Gasteiger partial charge in [0.25, 0.3) is 5.24 Å². The third kappa shape index (κ3) is 6.79. The number of rotatable bonds is 7. The molecular weight excluding hydrogens is 569 g/mol. The van der Waals surface area contributed by atoms with Gasteiger partial charge in [0.2, 0.25) is 0 Å². The number of aromatic nitrogens is 3. The minimum atomic E-state index is -4.76. The predicted molar refractivity (Wildman–Crippen MR) is 154 cm³/mol. The molecule has 5 rings (SSSR count). The van der Waals surface area contributed by atoms with Crippen LogP contribution < -0.4 is 15.0 Å². The molecule has 0 aliphatic carbocycles. The fourth-order valence-corrected chi connectivity index (χ4v) is 5.25. The number of nitrogens with one attached hydrogen (secondary N) is 1. The van der Waals surface area contributed by atoms with Gasteiger partial charge in [-0.05, 0) is 67.3 Å². The van der Waals surface area contributed by atoms with E-state index in [4.69, 9.17) is 0 Å². The van der Waals surface area contributed by atoms with E-state index in [0.717, 1.165) is 39.7 Å². The van der Waals surface area contributed by atoms with Gasteiger partial charge in [-0.2, -0.15) is 4.99 Å². The van der Waals surface area contributed by atoms with Crippen molar-refractivity contribution < 1.29 is 27.5 Å². The first-order valence-corrected chi connectivity index (χ1v) is 13.8. The number of halogens is 3. The molecule has 9 nitrogen and oxygen atoms in total. The maximum atomic E-state index is 12.6. The van der Waals surface area contributed by atoms with Gasteiger partial charge in [-0.3, -0.25) is 9.69 Å². The van der Waals surface area contributed by atoms with Gasteiger partial charge >= 0.3 is 12.4 Å². The van der Waals surface area contributed by atoms with E-state index in [-0.39, 0.29) is 11.0 Å². The van der Waals surface area contributed by atoms with Crippen LogP contribution in [0.2, 0.25) is 0 Å². The van der Waals surface area contributed by atoms with E-state index in [1.54, 1.807) is 0 Å². The Bertz CT molecular complexity index is 1630. The molecule has 2 heterocycles. The third-order valence-electron chi connectivity index (χ3n) is 6.36. The van der Waals surface area contributed by atoms with Crippen molar-refractivity contribution in [3.63, 3.8) is 0 Å². The highest BCUT2D eigenvalue weighted by atomic mass is 32.2. The largest absolute Gasteiger partial charge is 0.573 e. The van der Waals surface area contributed by atoms with Crippen LogP contribution in [0.1, 0.15) is 16.7 Å². The summed E-state index contributed by atoms with van der Waals surface area (Å²) in [7, 11) is 0. The van der Waals surface area contributed by atoms with Gasteiger partial charge in [-0.15, -0.1) is 18.3 Å². The molecule has 1 N–H and O–H groups in total. The van der Waals surface area contributed by atoms with Gasteiger partial charge in [0.1, 0.15) is 17.9 Å². The number of hydrogen-bond acceptors (Lipinski definition) is 6. The number of amidine groups is 1. The molecule has 0 unspecified atom stereocenters. The van der Waals surface area contributed by atoms with Gasteiger partial charge in [-0.25, -0.2) is 14.5 Å². The van der Waals surface area contributed by atoms with Crippen LogP contribution in [0.25, 0.3) is 17.1 Å². The van der Waals surface area contributed by atoms with Crippen LogP contribution in [-0.4, -0.2) is 50.5 Å². The van der Waals surface area contributed by atoms with Gasteiger partial charge in [0.05, 0.1) is 17.1 Å². The molecule has 1 fully saturated rings. The van der Waals surface area contributed by atoms with E-state index in [1.165, 1.54) is 40.2 Å². The van der Waals surface area contributed by atoms with Crippen molar-refractivity contribution >= 4 is 34.6 Å². The summed E-state index contributed by atoms with van der Waals surface area (Å²) in [5.41, 5.74) is 4.77. The first-order valence-electron chi connectivity index (χ1n) is 12.8. The average molecular weight is 595 g/mol. The lowest BCUT2D eigenvalue weighted by Gasteiger charge is -2.20. The lowest BCUT2D eigenvalue weighted by Crippen LogP contribution is -2.32. The number of aryl methyl sites for hydroxylation is 2. The molecule has 1 aromatic heterocycles. The lowest BCUT2D eigenvalue weighted by molar-refractivity contribution is -0.274. The monoisotopic (exact) mass is 594 g/mol. The van der Waals surface area contributed by atoms with Crippen molar-refractivity contribution in [1.82, 2.24) is 20.1 Å². The van der Waals surface area contributed by atoms with Crippen LogP contribution in [0.3, 0.4) is 0 Å². The lowest BCUT2D eigenvalue weighted by atomic mass is 10.1. The summed E-state index contributed by atoms with van der Waals surface area (Å²) >= 11 is 1.11. The number of urea groups is 1. The number of nitrogens with zero attached hydrogens (tertiary/aromatic N) is 5. The second-order valence-corrected chi connectivity index (χ2v) is 10.3. The fraction of sp³-hybridized carbons (Fsp3) is 0.207. The number of thioether (sulfide) groups is 1. The topological polar surface area (TPSA) is 102 Å². The molecule has 3 amide bonds. The highest BCUT2D eigenvalue weighted by Gasteiger charge is 2.32. The Balaban J connectivity index is 1.20. The Morgan fingerprint density at radius 1 is 1.07 bits per heavy atom. The molecule has 42 heavy (non-hydrogen) atoms. The number of amides is 3. The highest BCUT2D eigenvalue weighted by molar-refractivity contribution is 8.15. The molecule has 4 aromatic rings. The number of para-hydroxylation sites is 1. The number of benzene rings is 3. The third-order valence-corrected chi connectivity index (χ3v) is 7.19. The van der Waals surface area contributed by atoms with Crippen molar-refractivity contribution in [1.29, 1.82) is 0 Å². The smallest absolute Gasteiger partial charge is 0.406 e. The molecule has 1 aliphatic rings. The zero-order valence-corrected chi connectivity index (χ0v) is 23.4. The number of carbonyl (C=O) groups excluding carboxylic acids is 2.